The van der Waals surface area contributed by atoms with Gasteiger partial charge < -0.3 is 9.47 Å². The average molecular weight is 402 g/mol. The van der Waals surface area contributed by atoms with E-state index in [1.54, 1.807) is 31.3 Å². The van der Waals surface area contributed by atoms with Gasteiger partial charge in [0.05, 0.1) is 16.5 Å². The number of hydrogen-bond donors (Lipinski definition) is 0. The number of hydrogen-bond acceptors (Lipinski definition) is 6. The van der Waals surface area contributed by atoms with Gasteiger partial charge in [-0.1, -0.05) is 30.0 Å². The first-order valence-corrected chi connectivity index (χ1v) is 8.15. The minimum Gasteiger partial charge on any atom is -0.481 e. The van der Waals surface area contributed by atoms with Crippen molar-refractivity contribution < 1.29 is 19.1 Å². The van der Waals surface area contributed by atoms with Gasteiger partial charge in [0, 0.05) is 7.05 Å². The fourth-order valence-electron chi connectivity index (χ4n) is 1.62. The maximum atomic E-state index is 11.9. The normalized spacial score (nSPS) is 16.3. The van der Waals surface area contributed by atoms with E-state index in [9.17, 15) is 9.59 Å². The number of nitrogens with zero attached hydrogens (tertiary/aromatic N) is 1. The van der Waals surface area contributed by atoms with Crippen molar-refractivity contribution >= 4 is 62.2 Å². The largest absolute Gasteiger partial charge is 0.481 e. The molecule has 0 saturated carbocycles. The van der Waals surface area contributed by atoms with Gasteiger partial charge in [-0.2, -0.15) is 0 Å². The van der Waals surface area contributed by atoms with E-state index in [0.29, 0.717) is 19.4 Å². The fourth-order valence-corrected chi connectivity index (χ4v) is 3.31. The van der Waals surface area contributed by atoms with Gasteiger partial charge in [-0.05, 0) is 39.7 Å². The highest BCUT2D eigenvalue weighted by atomic mass is 79.9. The molecule has 0 unspecified atom stereocenters. The van der Waals surface area contributed by atoms with Crippen LogP contribution in [0.5, 0.6) is 5.75 Å². The lowest BCUT2D eigenvalue weighted by atomic mass is 10.2. The molecular formula is C14H12BrNO4S2. The van der Waals surface area contributed by atoms with Gasteiger partial charge in [-0.15, -0.1) is 0 Å². The number of ether oxygens (including phenoxy) is 2. The van der Waals surface area contributed by atoms with Crippen molar-refractivity contribution in [3.05, 3.63) is 33.1 Å². The molecule has 1 heterocycles. The van der Waals surface area contributed by atoms with E-state index in [1.807, 2.05) is 0 Å². The zero-order chi connectivity index (χ0) is 16.3. The van der Waals surface area contributed by atoms with Crippen LogP contribution in [0.2, 0.25) is 0 Å². The summed E-state index contributed by atoms with van der Waals surface area (Å²) in [6.45, 7) is -0.164. The molecule has 1 fully saturated rings. The maximum Gasteiger partial charge on any atom is 0.343 e. The maximum absolute atomic E-state index is 11.9. The molecule has 1 aliphatic heterocycles. The highest BCUT2D eigenvalue weighted by Gasteiger charge is 2.28. The molecule has 0 N–H and O–H groups in total. The number of rotatable bonds is 4. The van der Waals surface area contributed by atoms with E-state index >= 15 is 0 Å². The Bertz CT molecular complexity index is 675. The summed E-state index contributed by atoms with van der Waals surface area (Å²) in [5.41, 5.74) is 0.825. The van der Waals surface area contributed by atoms with Gasteiger partial charge in [0.2, 0.25) is 0 Å². The molecule has 0 radical (unpaired) electrons. The summed E-state index contributed by atoms with van der Waals surface area (Å²) < 4.78 is 11.1. The Balaban J connectivity index is 2.14. The molecule has 22 heavy (non-hydrogen) atoms. The van der Waals surface area contributed by atoms with E-state index in [4.69, 9.17) is 17.0 Å². The predicted molar refractivity (Wildman–Crippen MR) is 92.6 cm³/mol. The number of methoxy groups -OCH3 is 1. The number of thiocarbonyl (C=S) groups is 1. The molecular weight excluding hydrogens is 390 g/mol. The highest BCUT2D eigenvalue weighted by Crippen LogP contribution is 2.33. The monoisotopic (exact) mass is 401 g/mol. The van der Waals surface area contributed by atoms with Gasteiger partial charge >= 0.3 is 5.97 Å². The lowest BCUT2D eigenvalue weighted by molar-refractivity contribution is -0.142. The number of likely N-dealkylation sites (N-methyl/N-ethyl adjacent to an activating group) is 1. The molecule has 0 atom stereocenters. The van der Waals surface area contributed by atoms with Crippen LogP contribution in [-0.4, -0.2) is 41.9 Å². The summed E-state index contributed by atoms with van der Waals surface area (Å²) in [6, 6.07) is 5.31. The second kappa shape index (κ2) is 7.26. The Labute approximate surface area is 145 Å². The Kier molecular flexibility index (Phi) is 5.60. The number of carbonyl (C=O) groups excluding carboxylic acids is 2. The van der Waals surface area contributed by atoms with Crippen molar-refractivity contribution in [2.75, 3.05) is 20.8 Å². The highest BCUT2D eigenvalue weighted by molar-refractivity contribution is 9.10. The van der Waals surface area contributed by atoms with Crippen molar-refractivity contribution in [3.8, 4) is 5.75 Å². The lowest BCUT2D eigenvalue weighted by Gasteiger charge is -2.07. The summed E-state index contributed by atoms with van der Waals surface area (Å²) in [5, 5.41) is 0. The first-order chi connectivity index (χ1) is 10.4. The van der Waals surface area contributed by atoms with Crippen LogP contribution in [0.4, 0.5) is 0 Å². The Morgan fingerprint density at radius 3 is 2.77 bits per heavy atom. The number of esters is 1. The van der Waals surface area contributed by atoms with Crippen molar-refractivity contribution in [2.24, 2.45) is 0 Å². The quantitative estimate of drug-likeness (QED) is 0.439. The van der Waals surface area contributed by atoms with E-state index in [0.717, 1.165) is 5.56 Å². The molecule has 1 aliphatic rings. The lowest BCUT2D eigenvalue weighted by Crippen LogP contribution is -2.22. The van der Waals surface area contributed by atoms with Crippen LogP contribution < -0.4 is 4.74 Å². The first-order valence-electron chi connectivity index (χ1n) is 6.13. The van der Waals surface area contributed by atoms with Crippen LogP contribution in [0.1, 0.15) is 5.56 Å². The van der Waals surface area contributed by atoms with Crippen LogP contribution in [0, 0.1) is 0 Å². The Morgan fingerprint density at radius 2 is 2.23 bits per heavy atom. The van der Waals surface area contributed by atoms with Gasteiger partial charge in [-0.25, -0.2) is 4.79 Å². The first kappa shape index (κ1) is 17.0. The zero-order valence-electron chi connectivity index (χ0n) is 11.8. The summed E-state index contributed by atoms with van der Waals surface area (Å²) in [7, 11) is 2.95. The smallest absolute Gasteiger partial charge is 0.343 e. The summed E-state index contributed by atoms with van der Waals surface area (Å²) in [4.78, 5) is 25.0. The number of thioether (sulfide) groups is 1. The number of benzene rings is 1. The average Bonchev–Trinajstić information content (AvgIpc) is 2.73. The van der Waals surface area contributed by atoms with Crippen molar-refractivity contribution in [1.82, 2.24) is 4.90 Å². The second-order valence-electron chi connectivity index (χ2n) is 4.30. The van der Waals surface area contributed by atoms with Crippen LogP contribution >= 0.6 is 39.9 Å². The molecule has 0 spiro atoms. The molecule has 1 aromatic rings. The number of amides is 1. The summed E-state index contributed by atoms with van der Waals surface area (Å²) >= 11 is 9.72. The minimum atomic E-state index is -0.456. The second-order valence-corrected chi connectivity index (χ2v) is 6.83. The third-order valence-electron chi connectivity index (χ3n) is 2.81. The summed E-state index contributed by atoms with van der Waals surface area (Å²) in [5.74, 6) is -0.0506. The van der Waals surface area contributed by atoms with Crippen LogP contribution in [-0.2, 0) is 14.3 Å². The zero-order valence-corrected chi connectivity index (χ0v) is 15.0. The number of carbonyl (C=O) groups is 2. The molecule has 2 rings (SSSR count). The molecule has 5 nitrogen and oxygen atoms in total. The van der Waals surface area contributed by atoms with Crippen LogP contribution in [0.25, 0.3) is 6.08 Å². The molecule has 8 heteroatoms. The third kappa shape index (κ3) is 3.88. The predicted octanol–water partition coefficient (Wildman–Crippen LogP) is 2.83. The van der Waals surface area contributed by atoms with Crippen molar-refractivity contribution in [2.45, 2.75) is 0 Å². The molecule has 0 aliphatic carbocycles. The van der Waals surface area contributed by atoms with Crippen LogP contribution in [0.15, 0.2) is 27.6 Å². The van der Waals surface area contributed by atoms with Gasteiger partial charge in [0.15, 0.2) is 6.61 Å². The number of halogens is 1. The third-order valence-corrected chi connectivity index (χ3v) is 4.92. The molecule has 0 aromatic heterocycles. The van der Waals surface area contributed by atoms with E-state index in [1.165, 1.54) is 23.8 Å². The Morgan fingerprint density at radius 1 is 1.50 bits per heavy atom. The van der Waals surface area contributed by atoms with Gasteiger partial charge in [0.25, 0.3) is 5.91 Å². The molecule has 1 aromatic carbocycles. The van der Waals surface area contributed by atoms with E-state index in [-0.39, 0.29) is 12.5 Å². The van der Waals surface area contributed by atoms with Gasteiger partial charge in [-0.3, -0.25) is 9.69 Å². The minimum absolute atomic E-state index is 0.114. The fraction of sp³-hybridized carbons (Fsp3) is 0.214. The van der Waals surface area contributed by atoms with Gasteiger partial charge in [0.1, 0.15) is 10.1 Å². The molecule has 1 saturated heterocycles. The molecule has 116 valence electrons. The van der Waals surface area contributed by atoms with E-state index < -0.39 is 5.97 Å². The van der Waals surface area contributed by atoms with E-state index in [2.05, 4.69) is 20.7 Å². The molecule has 0 bridgehead atoms. The van der Waals surface area contributed by atoms with Crippen molar-refractivity contribution in [3.63, 3.8) is 0 Å². The topological polar surface area (TPSA) is 55.8 Å². The SMILES string of the molecule is COC(=O)COc1ccc(/C=C2\SC(=S)N(C)C2=O)cc1Br. The van der Waals surface area contributed by atoms with Crippen LogP contribution in [0.3, 0.4) is 0 Å². The Hall–Kier alpha value is -1.38. The standard InChI is InChI=1S/C14H12BrNO4S2/c1-16-13(18)11(22-14(16)21)6-8-3-4-10(9(15)5-8)20-7-12(17)19-2/h3-6H,7H2,1-2H3/b11-6-. The summed E-state index contributed by atoms with van der Waals surface area (Å²) in [6.07, 6.45) is 1.76. The molecule has 1 amide bonds. The van der Waals surface area contributed by atoms with Crippen molar-refractivity contribution in [1.29, 1.82) is 0 Å².